The summed E-state index contributed by atoms with van der Waals surface area (Å²) >= 11 is 5.96. The Kier molecular flexibility index (Phi) is 4.33. The molecular formula is C15H18ClN3O. The number of benzene rings is 1. The van der Waals surface area contributed by atoms with Crippen LogP contribution in [0.15, 0.2) is 35.2 Å². The Morgan fingerprint density at radius 2 is 1.90 bits per heavy atom. The Labute approximate surface area is 123 Å². The van der Waals surface area contributed by atoms with Gasteiger partial charge in [0.05, 0.1) is 6.04 Å². The van der Waals surface area contributed by atoms with Crippen LogP contribution in [0.1, 0.15) is 49.5 Å². The van der Waals surface area contributed by atoms with Gasteiger partial charge in [-0.1, -0.05) is 48.2 Å². The molecule has 0 amide bonds. The van der Waals surface area contributed by atoms with Crippen LogP contribution in [-0.2, 0) is 0 Å². The normalized spacial score (nSPS) is 18.1. The highest BCUT2D eigenvalue weighted by Crippen LogP contribution is 2.25. The Morgan fingerprint density at radius 3 is 2.55 bits per heavy atom. The Bertz CT molecular complexity index is 521. The molecule has 1 aliphatic carbocycles. The Balaban J connectivity index is 1.82. The van der Waals surface area contributed by atoms with Gasteiger partial charge in [0.1, 0.15) is 0 Å². The van der Waals surface area contributed by atoms with Crippen LogP contribution in [0, 0.1) is 0 Å². The standard InChI is InChI=1S/C15H18ClN3O/c16-12-8-6-11(7-9-12)14(15-17-10-20-19-15)18-13-4-2-1-3-5-13/h6-10,13-14,18H,1-5H2. The smallest absolute Gasteiger partial charge is 0.213 e. The number of nitrogens with zero attached hydrogens (tertiary/aromatic N) is 2. The molecule has 1 saturated carbocycles. The van der Waals surface area contributed by atoms with Crippen molar-refractivity contribution >= 4 is 11.6 Å². The minimum Gasteiger partial charge on any atom is -0.343 e. The lowest BCUT2D eigenvalue weighted by Crippen LogP contribution is -2.35. The maximum atomic E-state index is 5.96. The predicted molar refractivity (Wildman–Crippen MR) is 77.6 cm³/mol. The molecule has 1 aromatic carbocycles. The largest absolute Gasteiger partial charge is 0.343 e. The molecule has 106 valence electrons. The molecule has 0 spiro atoms. The molecule has 0 aliphatic heterocycles. The van der Waals surface area contributed by atoms with Gasteiger partial charge in [-0.05, 0) is 30.5 Å². The number of rotatable bonds is 4. The second-order valence-electron chi connectivity index (χ2n) is 5.28. The molecule has 1 unspecified atom stereocenters. The van der Waals surface area contributed by atoms with Gasteiger partial charge < -0.3 is 9.84 Å². The fourth-order valence-electron chi connectivity index (χ4n) is 2.79. The summed E-state index contributed by atoms with van der Waals surface area (Å²) in [5, 5.41) is 8.40. The van der Waals surface area contributed by atoms with E-state index in [9.17, 15) is 0 Å². The van der Waals surface area contributed by atoms with E-state index in [1.807, 2.05) is 24.3 Å². The van der Waals surface area contributed by atoms with E-state index in [4.69, 9.17) is 16.1 Å². The zero-order chi connectivity index (χ0) is 13.8. The molecule has 0 bridgehead atoms. The molecule has 0 radical (unpaired) electrons. The highest BCUT2D eigenvalue weighted by atomic mass is 35.5. The van der Waals surface area contributed by atoms with E-state index in [-0.39, 0.29) is 6.04 Å². The minimum atomic E-state index is -0.0332. The molecule has 3 rings (SSSR count). The summed E-state index contributed by atoms with van der Waals surface area (Å²) in [4.78, 5) is 4.21. The van der Waals surface area contributed by atoms with Gasteiger partial charge in [-0.15, -0.1) is 0 Å². The van der Waals surface area contributed by atoms with Crippen molar-refractivity contribution in [3.8, 4) is 0 Å². The maximum Gasteiger partial charge on any atom is 0.213 e. The average molecular weight is 292 g/mol. The minimum absolute atomic E-state index is 0.0332. The monoisotopic (exact) mass is 291 g/mol. The molecule has 1 aromatic heterocycles. The topological polar surface area (TPSA) is 51.0 Å². The summed E-state index contributed by atoms with van der Waals surface area (Å²) in [5.74, 6) is 0.679. The van der Waals surface area contributed by atoms with E-state index in [1.54, 1.807) is 0 Å². The third-order valence-electron chi connectivity index (χ3n) is 3.85. The fraction of sp³-hybridized carbons (Fsp3) is 0.467. The third-order valence-corrected chi connectivity index (χ3v) is 4.10. The van der Waals surface area contributed by atoms with Crippen LogP contribution in [0.5, 0.6) is 0 Å². The quantitative estimate of drug-likeness (QED) is 0.932. The molecule has 0 saturated heterocycles. The van der Waals surface area contributed by atoms with E-state index >= 15 is 0 Å². The molecule has 1 aliphatic rings. The first-order valence-electron chi connectivity index (χ1n) is 7.11. The lowest BCUT2D eigenvalue weighted by Gasteiger charge is -2.27. The van der Waals surface area contributed by atoms with Crippen molar-refractivity contribution in [2.24, 2.45) is 0 Å². The second kappa shape index (κ2) is 6.37. The molecule has 1 heterocycles. The molecule has 2 aromatic rings. The average Bonchev–Trinajstić information content (AvgIpc) is 3.01. The molecule has 5 heteroatoms. The Morgan fingerprint density at radius 1 is 1.15 bits per heavy atom. The van der Waals surface area contributed by atoms with Crippen LogP contribution < -0.4 is 5.32 Å². The van der Waals surface area contributed by atoms with Crippen LogP contribution >= 0.6 is 11.6 Å². The number of nitrogens with one attached hydrogen (secondary N) is 1. The summed E-state index contributed by atoms with van der Waals surface area (Å²) in [6.45, 7) is 0. The molecular weight excluding hydrogens is 274 g/mol. The van der Waals surface area contributed by atoms with E-state index in [0.717, 1.165) is 10.6 Å². The van der Waals surface area contributed by atoms with Crippen molar-refractivity contribution in [1.29, 1.82) is 0 Å². The first-order valence-corrected chi connectivity index (χ1v) is 7.48. The van der Waals surface area contributed by atoms with Crippen LogP contribution in [-0.4, -0.2) is 16.2 Å². The summed E-state index contributed by atoms with van der Waals surface area (Å²) < 4.78 is 4.90. The van der Waals surface area contributed by atoms with E-state index in [0.29, 0.717) is 11.9 Å². The zero-order valence-corrected chi connectivity index (χ0v) is 12.0. The third kappa shape index (κ3) is 3.19. The summed E-state index contributed by atoms with van der Waals surface area (Å²) in [7, 11) is 0. The molecule has 1 N–H and O–H groups in total. The molecule has 4 nitrogen and oxygen atoms in total. The zero-order valence-electron chi connectivity index (χ0n) is 11.3. The second-order valence-corrected chi connectivity index (χ2v) is 5.71. The molecule has 1 fully saturated rings. The highest BCUT2D eigenvalue weighted by molar-refractivity contribution is 6.30. The highest BCUT2D eigenvalue weighted by Gasteiger charge is 2.23. The van der Waals surface area contributed by atoms with Crippen molar-refractivity contribution < 1.29 is 4.52 Å². The van der Waals surface area contributed by atoms with Crippen LogP contribution in [0.3, 0.4) is 0 Å². The van der Waals surface area contributed by atoms with Crippen LogP contribution in [0.25, 0.3) is 0 Å². The van der Waals surface area contributed by atoms with Gasteiger partial charge in [0.25, 0.3) is 0 Å². The lowest BCUT2D eigenvalue weighted by atomic mass is 9.94. The van der Waals surface area contributed by atoms with E-state index in [2.05, 4.69) is 15.5 Å². The van der Waals surface area contributed by atoms with Crippen molar-refractivity contribution in [3.63, 3.8) is 0 Å². The summed E-state index contributed by atoms with van der Waals surface area (Å²) in [6, 6.07) is 8.30. The summed E-state index contributed by atoms with van der Waals surface area (Å²) in [6.07, 6.45) is 7.71. The van der Waals surface area contributed by atoms with Crippen molar-refractivity contribution in [3.05, 3.63) is 47.1 Å². The van der Waals surface area contributed by atoms with E-state index in [1.165, 1.54) is 38.5 Å². The van der Waals surface area contributed by atoms with E-state index < -0.39 is 0 Å². The van der Waals surface area contributed by atoms with Gasteiger partial charge in [0, 0.05) is 11.1 Å². The number of halogens is 1. The fourth-order valence-corrected chi connectivity index (χ4v) is 2.91. The number of hydrogen-bond acceptors (Lipinski definition) is 4. The van der Waals surface area contributed by atoms with Crippen molar-refractivity contribution in [1.82, 2.24) is 15.5 Å². The van der Waals surface area contributed by atoms with Gasteiger partial charge in [-0.2, -0.15) is 4.98 Å². The Hall–Kier alpha value is -1.39. The SMILES string of the molecule is Clc1ccc(C(NC2CCCCC2)c2ncon2)cc1. The first kappa shape index (κ1) is 13.6. The summed E-state index contributed by atoms with van der Waals surface area (Å²) in [5.41, 5.74) is 1.11. The number of aromatic nitrogens is 2. The van der Waals surface area contributed by atoms with Crippen LogP contribution in [0.4, 0.5) is 0 Å². The van der Waals surface area contributed by atoms with Crippen molar-refractivity contribution in [2.45, 2.75) is 44.2 Å². The van der Waals surface area contributed by atoms with Gasteiger partial charge in [0.15, 0.2) is 5.82 Å². The van der Waals surface area contributed by atoms with Crippen molar-refractivity contribution in [2.75, 3.05) is 0 Å². The predicted octanol–water partition coefficient (Wildman–Crippen LogP) is 3.73. The van der Waals surface area contributed by atoms with Gasteiger partial charge in [-0.25, -0.2) is 0 Å². The molecule has 1 atom stereocenters. The molecule has 20 heavy (non-hydrogen) atoms. The van der Waals surface area contributed by atoms with Gasteiger partial charge in [0.2, 0.25) is 6.39 Å². The first-order chi connectivity index (χ1) is 9.83. The van der Waals surface area contributed by atoms with Crippen LogP contribution in [0.2, 0.25) is 5.02 Å². The van der Waals surface area contributed by atoms with Gasteiger partial charge >= 0.3 is 0 Å². The maximum absolute atomic E-state index is 5.96. The lowest BCUT2D eigenvalue weighted by molar-refractivity contribution is 0.341. The number of hydrogen-bond donors (Lipinski definition) is 1. The van der Waals surface area contributed by atoms with Gasteiger partial charge in [-0.3, -0.25) is 0 Å².